The van der Waals surface area contributed by atoms with Gasteiger partial charge in [-0.1, -0.05) is 26.8 Å². The maximum Gasteiger partial charge on any atom is 0.391 e. The zero-order valence-electron chi connectivity index (χ0n) is 23.3. The smallest absolute Gasteiger partial charge is 0.391 e. The van der Waals surface area contributed by atoms with E-state index in [1.54, 1.807) is 0 Å². The number of nitrogens with one attached hydrogen (secondary N) is 1. The maximum absolute atomic E-state index is 13.0. The Labute approximate surface area is 224 Å². The van der Waals surface area contributed by atoms with E-state index in [1.165, 1.54) is 11.1 Å². The normalized spacial score (nSPS) is 20.5. The highest BCUT2D eigenvalue weighted by molar-refractivity contribution is 5.93. The number of rotatable bonds is 5. The Hall–Kier alpha value is -2.70. The van der Waals surface area contributed by atoms with Crippen LogP contribution in [0.15, 0.2) is 30.3 Å². The number of alkyl halides is 3. The van der Waals surface area contributed by atoms with Gasteiger partial charge >= 0.3 is 6.18 Å². The van der Waals surface area contributed by atoms with E-state index >= 15 is 0 Å². The monoisotopic (exact) mass is 530 g/mol. The minimum Gasteiger partial charge on any atom is -0.490 e. The average molecular weight is 531 g/mol. The number of fused-ring (bicyclic) bond motifs is 1. The Morgan fingerprint density at radius 1 is 1.00 bits per heavy atom. The van der Waals surface area contributed by atoms with Crippen LogP contribution in [0.5, 0.6) is 5.75 Å². The molecule has 1 fully saturated rings. The summed E-state index contributed by atoms with van der Waals surface area (Å²) in [6, 6.07) is 10.5. The second-order valence-electron chi connectivity index (χ2n) is 12.3. The number of benzene rings is 2. The van der Waals surface area contributed by atoms with Crippen molar-refractivity contribution in [2.24, 2.45) is 11.3 Å². The molecule has 208 valence electrons. The van der Waals surface area contributed by atoms with Gasteiger partial charge in [0.25, 0.3) is 0 Å². The molecular formula is C31H41F3N2O2. The van der Waals surface area contributed by atoms with Gasteiger partial charge < -0.3 is 15.0 Å². The summed E-state index contributed by atoms with van der Waals surface area (Å²) in [6.07, 6.45) is -0.672. The first-order chi connectivity index (χ1) is 17.8. The molecule has 4 nitrogen and oxygen atoms in total. The molecule has 38 heavy (non-hydrogen) atoms. The molecule has 2 aromatic rings. The van der Waals surface area contributed by atoms with Crippen molar-refractivity contribution in [1.29, 1.82) is 0 Å². The van der Waals surface area contributed by atoms with E-state index in [4.69, 9.17) is 4.74 Å². The Morgan fingerprint density at radius 3 is 2.26 bits per heavy atom. The Kier molecular flexibility index (Phi) is 8.34. The third-order valence-corrected chi connectivity index (χ3v) is 7.69. The zero-order chi connectivity index (χ0) is 27.7. The number of carbonyl (C=O) groups excluding carboxylic acids is 1. The van der Waals surface area contributed by atoms with Gasteiger partial charge in [0.15, 0.2) is 0 Å². The number of ether oxygens (including phenoxy) is 1. The first-order valence-electron chi connectivity index (χ1n) is 13.8. The third kappa shape index (κ3) is 7.23. The van der Waals surface area contributed by atoms with Crippen LogP contribution in [0.25, 0.3) is 0 Å². The highest BCUT2D eigenvalue weighted by Gasteiger charge is 2.41. The van der Waals surface area contributed by atoms with Crippen molar-refractivity contribution in [1.82, 2.24) is 0 Å². The SMILES string of the molecule is Cc1cc(N2CCCc3cc(OC4CCC(C(F)(F)F)CC4)ccc3C2)cc(C)c1NC(=O)CC(C)(C)C. The van der Waals surface area contributed by atoms with Crippen LogP contribution in [0, 0.1) is 25.2 Å². The molecule has 2 aromatic carbocycles. The second-order valence-corrected chi connectivity index (χ2v) is 12.3. The number of aryl methyl sites for hydroxylation is 3. The minimum atomic E-state index is -4.10. The second kappa shape index (κ2) is 11.2. The molecule has 1 aliphatic heterocycles. The summed E-state index contributed by atoms with van der Waals surface area (Å²) < 4.78 is 45.1. The zero-order valence-corrected chi connectivity index (χ0v) is 23.3. The van der Waals surface area contributed by atoms with Crippen LogP contribution in [0.4, 0.5) is 24.5 Å². The predicted octanol–water partition coefficient (Wildman–Crippen LogP) is 8.13. The number of carbonyl (C=O) groups is 1. The molecule has 1 amide bonds. The average Bonchev–Trinajstić information content (AvgIpc) is 3.02. The lowest BCUT2D eigenvalue weighted by atomic mass is 9.87. The van der Waals surface area contributed by atoms with E-state index in [0.717, 1.165) is 54.2 Å². The molecule has 0 aromatic heterocycles. The number of amides is 1. The quantitative estimate of drug-likeness (QED) is 0.424. The van der Waals surface area contributed by atoms with Crippen LogP contribution in [0.3, 0.4) is 0 Å². The molecule has 0 bridgehead atoms. The molecule has 0 saturated heterocycles. The Morgan fingerprint density at radius 2 is 1.66 bits per heavy atom. The fraction of sp³-hybridized carbons (Fsp3) is 0.581. The number of hydrogen-bond donors (Lipinski definition) is 1. The van der Waals surface area contributed by atoms with Crippen molar-refractivity contribution in [2.75, 3.05) is 16.8 Å². The van der Waals surface area contributed by atoms with Gasteiger partial charge in [-0.25, -0.2) is 0 Å². The molecule has 1 N–H and O–H groups in total. The maximum atomic E-state index is 13.0. The minimum absolute atomic E-state index is 0.0339. The highest BCUT2D eigenvalue weighted by atomic mass is 19.4. The van der Waals surface area contributed by atoms with E-state index < -0.39 is 12.1 Å². The molecule has 7 heteroatoms. The van der Waals surface area contributed by atoms with Gasteiger partial charge in [-0.15, -0.1) is 0 Å². The first kappa shape index (κ1) is 28.3. The van der Waals surface area contributed by atoms with Crippen molar-refractivity contribution < 1.29 is 22.7 Å². The van der Waals surface area contributed by atoms with Crippen molar-refractivity contribution in [3.05, 3.63) is 52.6 Å². The lowest BCUT2D eigenvalue weighted by molar-refractivity contribution is -0.185. The number of hydrogen-bond acceptors (Lipinski definition) is 3. The van der Waals surface area contributed by atoms with Crippen molar-refractivity contribution >= 4 is 17.3 Å². The van der Waals surface area contributed by atoms with Gasteiger partial charge in [-0.3, -0.25) is 4.79 Å². The van der Waals surface area contributed by atoms with Gasteiger partial charge in [-0.2, -0.15) is 13.2 Å². The molecule has 0 atom stereocenters. The summed E-state index contributed by atoms with van der Waals surface area (Å²) in [5, 5.41) is 3.12. The van der Waals surface area contributed by atoms with E-state index in [0.29, 0.717) is 19.3 Å². The summed E-state index contributed by atoms with van der Waals surface area (Å²) >= 11 is 0. The number of anilines is 2. The molecule has 4 rings (SSSR count). The summed E-state index contributed by atoms with van der Waals surface area (Å²) in [5.41, 5.74) is 6.56. The Bertz CT molecular complexity index is 1120. The van der Waals surface area contributed by atoms with E-state index in [9.17, 15) is 18.0 Å². The van der Waals surface area contributed by atoms with Crippen LogP contribution in [0.2, 0.25) is 0 Å². The fourth-order valence-electron chi connectivity index (χ4n) is 5.71. The first-order valence-corrected chi connectivity index (χ1v) is 13.8. The topological polar surface area (TPSA) is 41.6 Å². The largest absolute Gasteiger partial charge is 0.490 e. The summed E-state index contributed by atoms with van der Waals surface area (Å²) in [4.78, 5) is 14.9. The van der Waals surface area contributed by atoms with Gasteiger partial charge in [0.1, 0.15) is 5.75 Å². The van der Waals surface area contributed by atoms with Gasteiger partial charge in [0, 0.05) is 30.9 Å². The van der Waals surface area contributed by atoms with Crippen LogP contribution < -0.4 is 15.0 Å². The molecule has 1 aliphatic carbocycles. The predicted molar refractivity (Wildman–Crippen MR) is 147 cm³/mol. The van der Waals surface area contributed by atoms with Crippen LogP contribution in [-0.4, -0.2) is 24.7 Å². The van der Waals surface area contributed by atoms with Crippen molar-refractivity contribution in [3.8, 4) is 5.75 Å². The Balaban J connectivity index is 1.42. The molecular weight excluding hydrogens is 489 g/mol. The molecule has 0 radical (unpaired) electrons. The lowest BCUT2D eigenvalue weighted by Crippen LogP contribution is -2.31. The van der Waals surface area contributed by atoms with E-state index in [2.05, 4.69) is 55.3 Å². The van der Waals surface area contributed by atoms with Gasteiger partial charge in [-0.05, 0) is 104 Å². The highest BCUT2D eigenvalue weighted by Crippen LogP contribution is 2.39. The van der Waals surface area contributed by atoms with Crippen molar-refractivity contribution in [2.45, 2.75) is 98.4 Å². The standard InChI is InChI=1S/C31H41F3N2O2/c1-20-15-25(16-21(2)29(20)35-28(37)18-30(3,4)5)36-14-6-7-22-17-27(11-8-23(22)19-36)38-26-12-9-24(10-13-26)31(32,33)34/h8,11,15-17,24,26H,6-7,9-10,12-14,18-19H2,1-5H3,(H,35,37). The fourth-order valence-corrected chi connectivity index (χ4v) is 5.71. The molecule has 2 aliphatic rings. The summed E-state index contributed by atoms with van der Waals surface area (Å²) in [5.74, 6) is -0.400. The summed E-state index contributed by atoms with van der Waals surface area (Å²) in [7, 11) is 0. The molecule has 0 unspecified atom stereocenters. The van der Waals surface area contributed by atoms with Crippen LogP contribution >= 0.6 is 0 Å². The van der Waals surface area contributed by atoms with Crippen LogP contribution in [0.1, 0.15) is 81.5 Å². The lowest BCUT2D eigenvalue weighted by Gasteiger charge is -2.30. The van der Waals surface area contributed by atoms with E-state index in [-0.39, 0.29) is 30.3 Å². The van der Waals surface area contributed by atoms with Crippen molar-refractivity contribution in [3.63, 3.8) is 0 Å². The number of nitrogens with zero attached hydrogens (tertiary/aromatic N) is 1. The van der Waals surface area contributed by atoms with Gasteiger partial charge in [0.2, 0.25) is 5.91 Å². The molecule has 1 heterocycles. The molecule has 1 saturated carbocycles. The number of halogens is 3. The summed E-state index contributed by atoms with van der Waals surface area (Å²) in [6.45, 7) is 12.0. The molecule has 0 spiro atoms. The van der Waals surface area contributed by atoms with E-state index in [1.807, 2.05) is 19.9 Å². The van der Waals surface area contributed by atoms with Crippen LogP contribution in [-0.2, 0) is 17.8 Å². The van der Waals surface area contributed by atoms with Gasteiger partial charge in [0.05, 0.1) is 12.0 Å². The third-order valence-electron chi connectivity index (χ3n) is 7.69.